The van der Waals surface area contributed by atoms with Gasteiger partial charge in [-0.15, -0.1) is 0 Å². The van der Waals surface area contributed by atoms with E-state index in [0.29, 0.717) is 13.2 Å². The van der Waals surface area contributed by atoms with Crippen LogP contribution in [0.15, 0.2) is 0 Å². The Morgan fingerprint density at radius 1 is 1.37 bits per heavy atom. The lowest BCUT2D eigenvalue weighted by Gasteiger charge is -2.30. The number of ether oxygens (including phenoxy) is 1. The van der Waals surface area contributed by atoms with Crippen LogP contribution in [0, 0.1) is 5.92 Å². The summed E-state index contributed by atoms with van der Waals surface area (Å²) >= 11 is 0. The molecule has 19 heavy (non-hydrogen) atoms. The standard InChI is InChI=1S/C12H21N3O4/c1-3-19-11(17)9-5-4-6-15(7-9)8-10(16)14-12(18)13-2/h9H,3-8H2,1-2H3,(H2,13,14,16,18)/t9-/m0/s1. The van der Waals surface area contributed by atoms with Gasteiger partial charge in [-0.1, -0.05) is 0 Å². The number of likely N-dealkylation sites (tertiary alicyclic amines) is 1. The van der Waals surface area contributed by atoms with E-state index in [0.717, 1.165) is 19.4 Å². The van der Waals surface area contributed by atoms with E-state index in [2.05, 4.69) is 10.6 Å². The third-order valence-corrected chi connectivity index (χ3v) is 2.97. The summed E-state index contributed by atoms with van der Waals surface area (Å²) in [5.41, 5.74) is 0. The summed E-state index contributed by atoms with van der Waals surface area (Å²) in [4.78, 5) is 36.0. The molecule has 0 radical (unpaired) electrons. The van der Waals surface area contributed by atoms with Crippen molar-refractivity contribution in [1.82, 2.24) is 15.5 Å². The topological polar surface area (TPSA) is 87.7 Å². The number of rotatable bonds is 4. The number of nitrogens with one attached hydrogen (secondary N) is 2. The van der Waals surface area contributed by atoms with Gasteiger partial charge in [0.2, 0.25) is 5.91 Å². The van der Waals surface area contributed by atoms with E-state index in [-0.39, 0.29) is 24.3 Å². The number of carbonyl (C=O) groups is 3. The Hall–Kier alpha value is -1.63. The Kier molecular flexibility index (Phi) is 6.27. The number of hydrogen-bond donors (Lipinski definition) is 2. The number of imide groups is 1. The molecule has 1 heterocycles. The minimum Gasteiger partial charge on any atom is -0.466 e. The molecule has 0 saturated carbocycles. The lowest BCUT2D eigenvalue weighted by molar-refractivity contribution is -0.150. The molecule has 7 heteroatoms. The molecule has 1 aliphatic heterocycles. The largest absolute Gasteiger partial charge is 0.466 e. The highest BCUT2D eigenvalue weighted by Crippen LogP contribution is 2.17. The number of carbonyl (C=O) groups excluding carboxylic acids is 3. The Morgan fingerprint density at radius 3 is 2.74 bits per heavy atom. The van der Waals surface area contributed by atoms with Crippen LogP contribution in [-0.4, -0.2) is 56.1 Å². The third kappa shape index (κ3) is 5.25. The predicted molar refractivity (Wildman–Crippen MR) is 68.4 cm³/mol. The molecule has 1 rings (SSSR count). The number of hydrogen-bond acceptors (Lipinski definition) is 5. The van der Waals surface area contributed by atoms with Gasteiger partial charge in [0, 0.05) is 13.6 Å². The highest BCUT2D eigenvalue weighted by molar-refractivity contribution is 5.95. The number of urea groups is 1. The number of amides is 3. The molecule has 1 aliphatic rings. The fourth-order valence-corrected chi connectivity index (χ4v) is 2.08. The quantitative estimate of drug-likeness (QED) is 0.686. The monoisotopic (exact) mass is 271 g/mol. The maximum Gasteiger partial charge on any atom is 0.321 e. The summed E-state index contributed by atoms with van der Waals surface area (Å²) in [6.07, 6.45) is 1.63. The van der Waals surface area contributed by atoms with Crippen LogP contribution >= 0.6 is 0 Å². The van der Waals surface area contributed by atoms with Gasteiger partial charge in [0.25, 0.3) is 0 Å². The van der Waals surface area contributed by atoms with Gasteiger partial charge in [0.15, 0.2) is 0 Å². The van der Waals surface area contributed by atoms with E-state index >= 15 is 0 Å². The molecule has 0 spiro atoms. The second kappa shape index (κ2) is 7.73. The zero-order valence-corrected chi connectivity index (χ0v) is 11.4. The maximum atomic E-state index is 11.6. The van der Waals surface area contributed by atoms with Gasteiger partial charge in [0.05, 0.1) is 19.1 Å². The maximum absolute atomic E-state index is 11.6. The van der Waals surface area contributed by atoms with Crippen molar-refractivity contribution >= 4 is 17.9 Å². The first-order valence-electron chi connectivity index (χ1n) is 6.47. The molecule has 0 aromatic heterocycles. The van der Waals surface area contributed by atoms with Crippen LogP contribution in [0.4, 0.5) is 4.79 Å². The molecule has 2 N–H and O–H groups in total. The average Bonchev–Trinajstić information content (AvgIpc) is 2.39. The molecule has 0 aliphatic carbocycles. The third-order valence-electron chi connectivity index (χ3n) is 2.97. The van der Waals surface area contributed by atoms with Crippen LogP contribution in [0.3, 0.4) is 0 Å². The van der Waals surface area contributed by atoms with E-state index in [4.69, 9.17) is 4.74 Å². The van der Waals surface area contributed by atoms with Crippen LogP contribution in [0.1, 0.15) is 19.8 Å². The molecule has 3 amide bonds. The normalized spacial score (nSPS) is 19.6. The summed E-state index contributed by atoms with van der Waals surface area (Å²) in [7, 11) is 1.44. The molecule has 0 unspecified atom stereocenters. The Labute approximate surface area is 112 Å². The highest BCUT2D eigenvalue weighted by Gasteiger charge is 2.27. The van der Waals surface area contributed by atoms with Gasteiger partial charge in [-0.25, -0.2) is 4.79 Å². The molecular weight excluding hydrogens is 250 g/mol. The van der Waals surface area contributed by atoms with Crippen molar-refractivity contribution in [2.45, 2.75) is 19.8 Å². The van der Waals surface area contributed by atoms with Crippen molar-refractivity contribution in [3.05, 3.63) is 0 Å². The van der Waals surface area contributed by atoms with Crippen LogP contribution in [0.25, 0.3) is 0 Å². The molecule has 1 fully saturated rings. The van der Waals surface area contributed by atoms with Crippen molar-refractivity contribution in [2.24, 2.45) is 5.92 Å². The lowest BCUT2D eigenvalue weighted by atomic mass is 9.98. The minimum absolute atomic E-state index is 0.114. The number of nitrogens with zero attached hydrogens (tertiary/aromatic N) is 1. The van der Waals surface area contributed by atoms with Gasteiger partial charge in [-0.2, -0.15) is 0 Å². The highest BCUT2D eigenvalue weighted by atomic mass is 16.5. The van der Waals surface area contributed by atoms with Gasteiger partial charge < -0.3 is 10.1 Å². The molecule has 0 bridgehead atoms. The Bertz CT molecular complexity index is 346. The van der Waals surface area contributed by atoms with E-state index < -0.39 is 6.03 Å². The molecule has 7 nitrogen and oxygen atoms in total. The van der Waals surface area contributed by atoms with Gasteiger partial charge >= 0.3 is 12.0 Å². The smallest absolute Gasteiger partial charge is 0.321 e. The van der Waals surface area contributed by atoms with E-state index in [1.165, 1.54) is 7.05 Å². The van der Waals surface area contributed by atoms with Crippen LogP contribution < -0.4 is 10.6 Å². The van der Waals surface area contributed by atoms with Gasteiger partial charge in [-0.3, -0.25) is 19.8 Å². The summed E-state index contributed by atoms with van der Waals surface area (Å²) in [6.45, 7) is 3.50. The fraction of sp³-hybridized carbons (Fsp3) is 0.750. The predicted octanol–water partition coefficient (Wildman–Crippen LogP) is -0.283. The minimum atomic E-state index is -0.524. The summed E-state index contributed by atoms with van der Waals surface area (Å²) in [6, 6.07) is -0.524. The van der Waals surface area contributed by atoms with Crippen molar-refractivity contribution in [2.75, 3.05) is 33.3 Å². The molecule has 1 atom stereocenters. The number of esters is 1. The average molecular weight is 271 g/mol. The van der Waals surface area contributed by atoms with Gasteiger partial charge in [0.1, 0.15) is 0 Å². The zero-order valence-electron chi connectivity index (χ0n) is 11.4. The lowest BCUT2D eigenvalue weighted by Crippen LogP contribution is -2.47. The van der Waals surface area contributed by atoms with E-state index in [1.807, 2.05) is 4.90 Å². The molecule has 0 aromatic carbocycles. The molecular formula is C12H21N3O4. The van der Waals surface area contributed by atoms with Crippen molar-refractivity contribution in [3.63, 3.8) is 0 Å². The summed E-state index contributed by atoms with van der Waals surface area (Å²) in [5, 5.41) is 4.51. The summed E-state index contributed by atoms with van der Waals surface area (Å²) in [5.74, 6) is -0.760. The first-order chi connectivity index (χ1) is 9.06. The summed E-state index contributed by atoms with van der Waals surface area (Å²) < 4.78 is 4.99. The van der Waals surface area contributed by atoms with Crippen molar-refractivity contribution in [1.29, 1.82) is 0 Å². The van der Waals surface area contributed by atoms with Gasteiger partial charge in [-0.05, 0) is 26.3 Å². The van der Waals surface area contributed by atoms with Crippen LogP contribution in [0.2, 0.25) is 0 Å². The second-order valence-electron chi connectivity index (χ2n) is 4.45. The molecule has 0 aromatic rings. The van der Waals surface area contributed by atoms with Crippen LogP contribution in [0.5, 0.6) is 0 Å². The molecule has 1 saturated heterocycles. The first-order valence-corrected chi connectivity index (χ1v) is 6.47. The first kappa shape index (κ1) is 15.4. The van der Waals surface area contributed by atoms with Crippen molar-refractivity contribution < 1.29 is 19.1 Å². The van der Waals surface area contributed by atoms with Crippen LogP contribution in [-0.2, 0) is 14.3 Å². The Morgan fingerprint density at radius 2 is 2.11 bits per heavy atom. The van der Waals surface area contributed by atoms with Crippen molar-refractivity contribution in [3.8, 4) is 0 Å². The fourth-order valence-electron chi connectivity index (χ4n) is 2.08. The molecule has 108 valence electrons. The number of piperidine rings is 1. The second-order valence-corrected chi connectivity index (χ2v) is 4.45. The SMILES string of the molecule is CCOC(=O)[C@H]1CCCN(CC(=O)NC(=O)NC)C1. The zero-order chi connectivity index (χ0) is 14.3. The van der Waals surface area contributed by atoms with E-state index in [1.54, 1.807) is 6.92 Å². The Balaban J connectivity index is 2.40. The van der Waals surface area contributed by atoms with E-state index in [9.17, 15) is 14.4 Å².